The van der Waals surface area contributed by atoms with E-state index in [1.807, 2.05) is 18.2 Å². The Balaban J connectivity index is 1.24. The third-order valence-electron chi connectivity index (χ3n) is 6.76. The highest BCUT2D eigenvalue weighted by atomic mass is 16.2. The van der Waals surface area contributed by atoms with Gasteiger partial charge < -0.3 is 10.6 Å². The largest absolute Gasteiger partial charge is 0.353 e. The number of nitrogens with one attached hydrogen (secondary N) is 2. The van der Waals surface area contributed by atoms with Crippen molar-refractivity contribution >= 4 is 11.8 Å². The van der Waals surface area contributed by atoms with Crippen LogP contribution in [-0.4, -0.2) is 23.9 Å². The van der Waals surface area contributed by atoms with E-state index in [2.05, 4.69) is 22.8 Å². The molecule has 3 aliphatic rings. The van der Waals surface area contributed by atoms with Crippen LogP contribution in [0.2, 0.25) is 0 Å². The zero-order valence-corrected chi connectivity index (χ0v) is 15.5. The Labute approximate surface area is 156 Å². The standard InChI is InChI=1S/C22H30N2O2/c25-21(11-4-8-15-6-2-1-3-7-15)23-16-12-13-18-17-9-5-10-19(17)22(26)24-20(18)14-16/h1-3,6-7,16-20H,4-5,8-14H2,(H,23,25)(H,24,26). The van der Waals surface area contributed by atoms with Crippen LogP contribution in [0.4, 0.5) is 0 Å². The number of carbonyl (C=O) groups is 2. The number of hydrogen-bond acceptors (Lipinski definition) is 2. The van der Waals surface area contributed by atoms with Crippen molar-refractivity contribution in [2.24, 2.45) is 17.8 Å². The zero-order valence-electron chi connectivity index (χ0n) is 15.5. The number of carbonyl (C=O) groups excluding carboxylic acids is 2. The third kappa shape index (κ3) is 3.79. The van der Waals surface area contributed by atoms with Crippen molar-refractivity contribution in [1.82, 2.24) is 10.6 Å². The van der Waals surface area contributed by atoms with Crippen LogP contribution in [0.15, 0.2) is 30.3 Å². The average Bonchev–Trinajstić information content (AvgIpc) is 3.13. The highest BCUT2D eigenvalue weighted by Gasteiger charge is 2.47. The van der Waals surface area contributed by atoms with Gasteiger partial charge in [-0.25, -0.2) is 0 Å². The molecule has 4 nitrogen and oxygen atoms in total. The number of benzene rings is 1. The van der Waals surface area contributed by atoms with Crippen molar-refractivity contribution in [3.8, 4) is 0 Å². The molecule has 140 valence electrons. The van der Waals surface area contributed by atoms with Crippen LogP contribution in [0.5, 0.6) is 0 Å². The highest BCUT2D eigenvalue weighted by Crippen LogP contribution is 2.45. The molecule has 26 heavy (non-hydrogen) atoms. The first-order valence-corrected chi connectivity index (χ1v) is 10.3. The SMILES string of the molecule is O=C(CCCc1ccccc1)NC1CCC2C(C1)NC(=O)C1CCCC12. The molecule has 1 aliphatic heterocycles. The van der Waals surface area contributed by atoms with E-state index in [0.717, 1.165) is 38.5 Å². The zero-order chi connectivity index (χ0) is 17.9. The minimum atomic E-state index is 0.158. The summed E-state index contributed by atoms with van der Waals surface area (Å²) in [6.07, 6.45) is 9.01. The Morgan fingerprint density at radius 1 is 1.08 bits per heavy atom. The topological polar surface area (TPSA) is 58.2 Å². The summed E-state index contributed by atoms with van der Waals surface area (Å²) >= 11 is 0. The van der Waals surface area contributed by atoms with Gasteiger partial charge in [0.05, 0.1) is 0 Å². The summed E-state index contributed by atoms with van der Waals surface area (Å²) in [6.45, 7) is 0. The Kier molecular flexibility index (Phi) is 5.28. The van der Waals surface area contributed by atoms with Crippen molar-refractivity contribution in [1.29, 1.82) is 0 Å². The van der Waals surface area contributed by atoms with Gasteiger partial charge in [0, 0.05) is 24.4 Å². The van der Waals surface area contributed by atoms with Crippen LogP contribution in [0.3, 0.4) is 0 Å². The van der Waals surface area contributed by atoms with Gasteiger partial charge in [-0.3, -0.25) is 9.59 Å². The Hall–Kier alpha value is -1.84. The van der Waals surface area contributed by atoms with Crippen molar-refractivity contribution in [2.75, 3.05) is 0 Å². The molecule has 2 saturated carbocycles. The third-order valence-corrected chi connectivity index (χ3v) is 6.76. The van der Waals surface area contributed by atoms with Gasteiger partial charge in [0.15, 0.2) is 0 Å². The highest BCUT2D eigenvalue weighted by molar-refractivity contribution is 5.80. The van der Waals surface area contributed by atoms with Gasteiger partial charge in [0.2, 0.25) is 11.8 Å². The molecule has 1 aromatic carbocycles. The number of rotatable bonds is 5. The van der Waals surface area contributed by atoms with Gasteiger partial charge >= 0.3 is 0 Å². The van der Waals surface area contributed by atoms with Crippen molar-refractivity contribution in [2.45, 2.75) is 69.9 Å². The summed E-state index contributed by atoms with van der Waals surface area (Å²) in [5.41, 5.74) is 1.29. The number of fused-ring (bicyclic) bond motifs is 3. The minimum absolute atomic E-state index is 0.158. The average molecular weight is 354 g/mol. The molecule has 0 bridgehead atoms. The molecule has 2 amide bonds. The first-order valence-electron chi connectivity index (χ1n) is 10.3. The van der Waals surface area contributed by atoms with Gasteiger partial charge in [0.25, 0.3) is 0 Å². The maximum Gasteiger partial charge on any atom is 0.223 e. The monoisotopic (exact) mass is 354 g/mol. The maximum atomic E-state index is 12.3. The molecule has 5 unspecified atom stereocenters. The summed E-state index contributed by atoms with van der Waals surface area (Å²) < 4.78 is 0. The van der Waals surface area contributed by atoms with Gasteiger partial charge in [-0.1, -0.05) is 36.8 Å². The Bertz CT molecular complexity index is 645. The normalized spacial score (nSPS) is 33.1. The lowest BCUT2D eigenvalue weighted by molar-refractivity contribution is -0.132. The smallest absolute Gasteiger partial charge is 0.223 e. The van der Waals surface area contributed by atoms with Crippen LogP contribution in [0.1, 0.15) is 56.9 Å². The van der Waals surface area contributed by atoms with Gasteiger partial charge in [-0.05, 0) is 62.3 Å². The van der Waals surface area contributed by atoms with E-state index >= 15 is 0 Å². The molecule has 0 spiro atoms. The number of aryl methyl sites for hydroxylation is 1. The van der Waals surface area contributed by atoms with Gasteiger partial charge in [-0.15, -0.1) is 0 Å². The molecule has 2 aliphatic carbocycles. The summed E-state index contributed by atoms with van der Waals surface area (Å²) in [4.78, 5) is 24.6. The summed E-state index contributed by atoms with van der Waals surface area (Å²) in [5.74, 6) is 1.91. The van der Waals surface area contributed by atoms with E-state index in [1.54, 1.807) is 0 Å². The molecule has 0 radical (unpaired) electrons. The quantitative estimate of drug-likeness (QED) is 0.853. The number of piperidine rings is 1. The second kappa shape index (κ2) is 7.81. The van der Waals surface area contributed by atoms with Crippen LogP contribution in [0, 0.1) is 17.8 Å². The van der Waals surface area contributed by atoms with Crippen LogP contribution in [-0.2, 0) is 16.0 Å². The second-order valence-electron chi connectivity index (χ2n) is 8.40. The number of amides is 2. The van der Waals surface area contributed by atoms with E-state index in [9.17, 15) is 9.59 Å². The predicted octanol–water partition coefficient (Wildman–Crippen LogP) is 3.21. The molecule has 4 rings (SSSR count). The van der Waals surface area contributed by atoms with Crippen molar-refractivity contribution in [3.05, 3.63) is 35.9 Å². The fourth-order valence-electron chi connectivity index (χ4n) is 5.52. The molecular formula is C22H30N2O2. The molecule has 1 saturated heterocycles. The summed E-state index contributed by atoms with van der Waals surface area (Å²) in [5, 5.41) is 6.49. The van der Waals surface area contributed by atoms with E-state index in [-0.39, 0.29) is 29.8 Å². The first-order chi connectivity index (χ1) is 12.7. The van der Waals surface area contributed by atoms with E-state index in [0.29, 0.717) is 18.3 Å². The fourth-order valence-corrected chi connectivity index (χ4v) is 5.52. The molecule has 4 heteroatoms. The van der Waals surface area contributed by atoms with Crippen LogP contribution < -0.4 is 10.6 Å². The molecule has 1 heterocycles. The van der Waals surface area contributed by atoms with E-state index in [4.69, 9.17) is 0 Å². The van der Waals surface area contributed by atoms with Gasteiger partial charge in [0.1, 0.15) is 0 Å². The van der Waals surface area contributed by atoms with E-state index in [1.165, 1.54) is 18.4 Å². The summed E-state index contributed by atoms with van der Waals surface area (Å²) in [6, 6.07) is 10.8. The number of hydrogen-bond donors (Lipinski definition) is 2. The van der Waals surface area contributed by atoms with E-state index < -0.39 is 0 Å². The summed E-state index contributed by atoms with van der Waals surface area (Å²) in [7, 11) is 0. The second-order valence-corrected chi connectivity index (χ2v) is 8.40. The molecule has 0 aromatic heterocycles. The fraction of sp³-hybridized carbons (Fsp3) is 0.636. The molecule has 2 N–H and O–H groups in total. The maximum absolute atomic E-state index is 12.3. The Morgan fingerprint density at radius 3 is 2.77 bits per heavy atom. The predicted molar refractivity (Wildman–Crippen MR) is 101 cm³/mol. The lowest BCUT2D eigenvalue weighted by Crippen LogP contribution is -2.57. The first kappa shape index (κ1) is 17.6. The molecular weight excluding hydrogens is 324 g/mol. The minimum Gasteiger partial charge on any atom is -0.353 e. The molecule has 3 fully saturated rings. The van der Waals surface area contributed by atoms with Crippen molar-refractivity contribution < 1.29 is 9.59 Å². The molecule has 1 aromatic rings. The lowest BCUT2D eigenvalue weighted by Gasteiger charge is -2.45. The van der Waals surface area contributed by atoms with Crippen LogP contribution in [0.25, 0.3) is 0 Å². The molecule has 5 atom stereocenters. The van der Waals surface area contributed by atoms with Crippen molar-refractivity contribution in [3.63, 3.8) is 0 Å². The Morgan fingerprint density at radius 2 is 1.92 bits per heavy atom. The lowest BCUT2D eigenvalue weighted by atomic mass is 9.68. The van der Waals surface area contributed by atoms with Gasteiger partial charge in [-0.2, -0.15) is 0 Å². The van der Waals surface area contributed by atoms with Crippen LogP contribution >= 0.6 is 0 Å².